The Morgan fingerprint density at radius 2 is 2.06 bits per heavy atom. The number of benzene rings is 1. The number of carboxylic acids is 1. The number of carbonyl (C=O) groups is 1. The van der Waals surface area contributed by atoms with Crippen molar-refractivity contribution in [3.05, 3.63) is 29.8 Å². The molecule has 0 saturated heterocycles. The van der Waals surface area contributed by atoms with Crippen molar-refractivity contribution in [1.82, 2.24) is 0 Å². The fourth-order valence-corrected chi connectivity index (χ4v) is 1.91. The quantitative estimate of drug-likeness (QED) is 0.822. The van der Waals surface area contributed by atoms with Gasteiger partial charge in [0.15, 0.2) is 6.10 Å². The van der Waals surface area contributed by atoms with E-state index in [-0.39, 0.29) is 5.56 Å². The van der Waals surface area contributed by atoms with Crippen molar-refractivity contribution in [2.45, 2.75) is 17.2 Å². The Labute approximate surface area is 99.3 Å². The van der Waals surface area contributed by atoms with Gasteiger partial charge in [0.05, 0.1) is 5.56 Å². The van der Waals surface area contributed by atoms with Crippen molar-refractivity contribution in [1.29, 1.82) is 0 Å². The highest BCUT2D eigenvalue weighted by molar-refractivity contribution is 7.99. The SMILES string of the molecule is O=C(O)c1cccc(SCC(O)C(F)(F)F)c1. The second-order valence-corrected chi connectivity index (χ2v) is 4.29. The minimum atomic E-state index is -4.66. The molecule has 0 heterocycles. The third-order valence-corrected chi connectivity index (χ3v) is 2.94. The standard InChI is InChI=1S/C10H9F3O3S/c11-10(12,13)8(14)5-17-7-3-1-2-6(4-7)9(15)16/h1-4,8,14H,5H2,(H,15,16). The van der Waals surface area contributed by atoms with E-state index < -0.39 is 24.0 Å². The maximum Gasteiger partial charge on any atom is 0.415 e. The number of thioether (sulfide) groups is 1. The van der Waals surface area contributed by atoms with Crippen LogP contribution in [0.5, 0.6) is 0 Å². The van der Waals surface area contributed by atoms with Gasteiger partial charge in [-0.1, -0.05) is 6.07 Å². The van der Waals surface area contributed by atoms with E-state index in [0.29, 0.717) is 4.90 Å². The van der Waals surface area contributed by atoms with Crippen molar-refractivity contribution in [3.8, 4) is 0 Å². The third-order valence-electron chi connectivity index (χ3n) is 1.87. The normalized spacial score (nSPS) is 13.4. The van der Waals surface area contributed by atoms with Crippen molar-refractivity contribution < 1.29 is 28.2 Å². The van der Waals surface area contributed by atoms with Gasteiger partial charge in [-0.3, -0.25) is 0 Å². The van der Waals surface area contributed by atoms with Crippen LogP contribution in [0.1, 0.15) is 10.4 Å². The van der Waals surface area contributed by atoms with E-state index >= 15 is 0 Å². The number of aromatic carboxylic acids is 1. The fourth-order valence-electron chi connectivity index (χ4n) is 0.989. The molecule has 1 aromatic rings. The summed E-state index contributed by atoms with van der Waals surface area (Å²) in [6.45, 7) is 0. The number of carboxylic acid groups (broad SMARTS) is 1. The van der Waals surface area contributed by atoms with Gasteiger partial charge >= 0.3 is 12.1 Å². The molecule has 2 N–H and O–H groups in total. The maximum atomic E-state index is 12.0. The fraction of sp³-hybridized carbons (Fsp3) is 0.300. The summed E-state index contributed by atoms with van der Waals surface area (Å²) in [6.07, 6.45) is -7.07. The molecule has 1 rings (SSSR count). The first kappa shape index (κ1) is 13.9. The topological polar surface area (TPSA) is 57.5 Å². The summed E-state index contributed by atoms with van der Waals surface area (Å²) in [5.41, 5.74) is -0.00324. The van der Waals surface area contributed by atoms with E-state index in [9.17, 15) is 18.0 Å². The highest BCUT2D eigenvalue weighted by Crippen LogP contribution is 2.27. The van der Waals surface area contributed by atoms with Gasteiger partial charge < -0.3 is 10.2 Å². The van der Waals surface area contributed by atoms with E-state index in [1.165, 1.54) is 24.3 Å². The largest absolute Gasteiger partial charge is 0.478 e. The molecule has 94 valence electrons. The van der Waals surface area contributed by atoms with E-state index in [2.05, 4.69) is 0 Å². The Balaban J connectivity index is 2.64. The molecule has 7 heteroatoms. The Kier molecular flexibility index (Phi) is 4.41. The number of hydrogen-bond acceptors (Lipinski definition) is 3. The molecule has 0 amide bonds. The molecule has 0 aliphatic rings. The molecule has 0 spiro atoms. The summed E-state index contributed by atoms with van der Waals surface area (Å²) >= 11 is 0.754. The van der Waals surface area contributed by atoms with Crippen LogP contribution in [-0.2, 0) is 0 Å². The first-order valence-corrected chi connectivity index (χ1v) is 5.50. The van der Waals surface area contributed by atoms with Crippen molar-refractivity contribution in [2.24, 2.45) is 0 Å². The molecule has 1 aromatic carbocycles. The second-order valence-electron chi connectivity index (χ2n) is 3.20. The highest BCUT2D eigenvalue weighted by atomic mass is 32.2. The van der Waals surface area contributed by atoms with Crippen LogP contribution in [0.2, 0.25) is 0 Å². The number of halogens is 3. The maximum absolute atomic E-state index is 12.0. The molecule has 0 fully saturated rings. The van der Waals surface area contributed by atoms with Crippen LogP contribution in [0.3, 0.4) is 0 Å². The molecule has 3 nitrogen and oxygen atoms in total. The van der Waals surface area contributed by atoms with Gasteiger partial charge in [0, 0.05) is 10.6 Å². The molecule has 1 atom stereocenters. The van der Waals surface area contributed by atoms with Gasteiger partial charge in [-0.2, -0.15) is 13.2 Å². The van der Waals surface area contributed by atoms with Crippen molar-refractivity contribution >= 4 is 17.7 Å². The van der Waals surface area contributed by atoms with Crippen LogP contribution >= 0.6 is 11.8 Å². The van der Waals surface area contributed by atoms with Crippen LogP contribution in [0.15, 0.2) is 29.2 Å². The van der Waals surface area contributed by atoms with Gasteiger partial charge in [0.2, 0.25) is 0 Å². The zero-order chi connectivity index (χ0) is 13.1. The second kappa shape index (κ2) is 5.42. The van der Waals surface area contributed by atoms with Gasteiger partial charge in [-0.25, -0.2) is 4.79 Å². The smallest absolute Gasteiger partial charge is 0.415 e. The molecule has 0 bridgehead atoms. The number of hydrogen-bond donors (Lipinski definition) is 2. The Morgan fingerprint density at radius 3 is 2.59 bits per heavy atom. The summed E-state index contributed by atoms with van der Waals surface area (Å²) in [5, 5.41) is 17.4. The number of aliphatic hydroxyl groups excluding tert-OH is 1. The van der Waals surface area contributed by atoms with E-state index in [0.717, 1.165) is 11.8 Å². The zero-order valence-electron chi connectivity index (χ0n) is 8.44. The average molecular weight is 266 g/mol. The lowest BCUT2D eigenvalue weighted by molar-refractivity contribution is -0.195. The molecule has 1 unspecified atom stereocenters. The minimum Gasteiger partial charge on any atom is -0.478 e. The summed E-state index contributed by atoms with van der Waals surface area (Å²) in [4.78, 5) is 11.0. The van der Waals surface area contributed by atoms with E-state index in [1.807, 2.05) is 0 Å². The lowest BCUT2D eigenvalue weighted by Gasteiger charge is -2.13. The minimum absolute atomic E-state index is 0.00324. The number of alkyl halides is 3. The van der Waals surface area contributed by atoms with Gasteiger partial charge in [0.1, 0.15) is 0 Å². The van der Waals surface area contributed by atoms with Crippen LogP contribution in [0.4, 0.5) is 13.2 Å². The summed E-state index contributed by atoms with van der Waals surface area (Å²) in [7, 11) is 0. The van der Waals surface area contributed by atoms with Crippen molar-refractivity contribution in [2.75, 3.05) is 5.75 Å². The number of rotatable bonds is 4. The molecule has 17 heavy (non-hydrogen) atoms. The molecule has 0 aromatic heterocycles. The zero-order valence-corrected chi connectivity index (χ0v) is 9.26. The summed E-state index contributed by atoms with van der Waals surface area (Å²) in [5.74, 6) is -1.71. The summed E-state index contributed by atoms with van der Waals surface area (Å²) in [6, 6.07) is 5.52. The lowest BCUT2D eigenvalue weighted by Crippen LogP contribution is -2.30. The first-order chi connectivity index (χ1) is 7.80. The Morgan fingerprint density at radius 1 is 1.41 bits per heavy atom. The molecular formula is C10H9F3O3S. The predicted molar refractivity (Wildman–Crippen MR) is 56.2 cm³/mol. The highest BCUT2D eigenvalue weighted by Gasteiger charge is 2.37. The van der Waals surface area contributed by atoms with Gasteiger partial charge in [0.25, 0.3) is 0 Å². The molecule has 0 aliphatic heterocycles. The third kappa shape index (κ3) is 4.27. The van der Waals surface area contributed by atoms with Crippen LogP contribution in [0, 0.1) is 0 Å². The first-order valence-electron chi connectivity index (χ1n) is 4.51. The van der Waals surface area contributed by atoms with E-state index in [1.54, 1.807) is 0 Å². The molecule has 0 aliphatic carbocycles. The summed E-state index contributed by atoms with van der Waals surface area (Å²) < 4.78 is 36.0. The van der Waals surface area contributed by atoms with E-state index in [4.69, 9.17) is 10.2 Å². The van der Waals surface area contributed by atoms with Gasteiger partial charge in [-0.05, 0) is 18.2 Å². The monoisotopic (exact) mass is 266 g/mol. The van der Waals surface area contributed by atoms with Crippen LogP contribution < -0.4 is 0 Å². The van der Waals surface area contributed by atoms with Crippen molar-refractivity contribution in [3.63, 3.8) is 0 Å². The lowest BCUT2D eigenvalue weighted by atomic mass is 10.2. The average Bonchev–Trinajstić information content (AvgIpc) is 2.25. The number of aliphatic hydroxyl groups is 1. The predicted octanol–water partition coefficient (Wildman–Crippen LogP) is 2.40. The molecule has 0 saturated carbocycles. The Bertz CT molecular complexity index is 406. The molecule has 0 radical (unpaired) electrons. The van der Waals surface area contributed by atoms with Crippen LogP contribution in [-0.4, -0.2) is 34.2 Å². The van der Waals surface area contributed by atoms with Gasteiger partial charge in [-0.15, -0.1) is 11.8 Å². The Hall–Kier alpha value is -1.21. The van der Waals surface area contributed by atoms with Crippen LogP contribution in [0.25, 0.3) is 0 Å². The molecular weight excluding hydrogens is 257 g/mol.